The highest BCUT2D eigenvalue weighted by Gasteiger charge is 2.16. The van der Waals surface area contributed by atoms with E-state index < -0.39 is 18.5 Å². The number of ketones is 1. The number of nitrogens with one attached hydrogen (secondary N) is 1. The number of hydrogen-bond donors (Lipinski definition) is 1. The number of esters is 1. The fraction of sp³-hybridized carbons (Fsp3) is 0.300. The standard InChI is InChI=1S/C20H22N2O5S/c1-14-5-7-15(8-6-14)21-18(24)12-22(2)19(25)13-27-20(26)10-9-16(23)17-4-3-11-28-17/h3-8,11H,9-10,12-13H2,1-2H3,(H,21,24). The smallest absolute Gasteiger partial charge is 0.306 e. The lowest BCUT2D eigenvalue weighted by Gasteiger charge is -2.16. The summed E-state index contributed by atoms with van der Waals surface area (Å²) in [6, 6.07) is 10.7. The van der Waals surface area contributed by atoms with Crippen molar-refractivity contribution < 1.29 is 23.9 Å². The summed E-state index contributed by atoms with van der Waals surface area (Å²) in [7, 11) is 1.45. The Hall–Kier alpha value is -3.00. The Morgan fingerprint density at radius 1 is 1.07 bits per heavy atom. The lowest BCUT2D eigenvalue weighted by atomic mass is 10.2. The Bertz CT molecular complexity index is 831. The maximum atomic E-state index is 12.0. The summed E-state index contributed by atoms with van der Waals surface area (Å²) in [5, 5.41) is 4.48. The highest BCUT2D eigenvalue weighted by molar-refractivity contribution is 7.12. The van der Waals surface area contributed by atoms with Crippen LogP contribution in [0.5, 0.6) is 0 Å². The van der Waals surface area contributed by atoms with Crippen molar-refractivity contribution in [3.8, 4) is 0 Å². The first-order valence-electron chi connectivity index (χ1n) is 8.68. The number of carbonyl (C=O) groups is 4. The predicted octanol–water partition coefficient (Wildman–Crippen LogP) is 2.66. The van der Waals surface area contributed by atoms with Gasteiger partial charge in [-0.1, -0.05) is 23.8 Å². The van der Waals surface area contributed by atoms with Crippen LogP contribution in [0.1, 0.15) is 28.1 Å². The number of hydrogen-bond acceptors (Lipinski definition) is 6. The molecule has 7 nitrogen and oxygen atoms in total. The molecule has 1 aromatic heterocycles. The van der Waals surface area contributed by atoms with Gasteiger partial charge in [0.15, 0.2) is 12.4 Å². The zero-order chi connectivity index (χ0) is 20.5. The number of benzene rings is 1. The van der Waals surface area contributed by atoms with E-state index in [1.807, 2.05) is 19.1 Å². The largest absolute Gasteiger partial charge is 0.456 e. The fourth-order valence-corrected chi connectivity index (χ4v) is 2.94. The number of ether oxygens (including phenoxy) is 1. The monoisotopic (exact) mass is 402 g/mol. The van der Waals surface area contributed by atoms with E-state index in [9.17, 15) is 19.2 Å². The Morgan fingerprint density at radius 2 is 1.79 bits per heavy atom. The summed E-state index contributed by atoms with van der Waals surface area (Å²) in [5.74, 6) is -1.62. The quantitative estimate of drug-likeness (QED) is 0.514. The Labute approximate surface area is 167 Å². The van der Waals surface area contributed by atoms with Crippen LogP contribution in [0.15, 0.2) is 41.8 Å². The van der Waals surface area contributed by atoms with E-state index in [4.69, 9.17) is 4.74 Å². The van der Waals surface area contributed by atoms with Crippen molar-refractivity contribution in [2.75, 3.05) is 25.5 Å². The first-order valence-corrected chi connectivity index (χ1v) is 9.56. The number of Topliss-reactive ketones (excluding diaryl/α,β-unsaturated/α-hetero) is 1. The van der Waals surface area contributed by atoms with Gasteiger partial charge >= 0.3 is 5.97 Å². The van der Waals surface area contributed by atoms with Crippen molar-refractivity contribution in [3.63, 3.8) is 0 Å². The van der Waals surface area contributed by atoms with Crippen molar-refractivity contribution in [1.29, 1.82) is 0 Å². The average Bonchev–Trinajstić information content (AvgIpc) is 3.20. The maximum absolute atomic E-state index is 12.0. The minimum atomic E-state index is -0.629. The molecule has 0 spiro atoms. The van der Waals surface area contributed by atoms with Crippen molar-refractivity contribution in [1.82, 2.24) is 4.90 Å². The van der Waals surface area contributed by atoms with E-state index in [-0.39, 0.29) is 31.1 Å². The third-order valence-corrected chi connectivity index (χ3v) is 4.76. The summed E-state index contributed by atoms with van der Waals surface area (Å²) < 4.78 is 4.90. The number of amides is 2. The molecular weight excluding hydrogens is 380 g/mol. The molecule has 2 aromatic rings. The van der Waals surface area contributed by atoms with E-state index >= 15 is 0 Å². The van der Waals surface area contributed by atoms with Gasteiger partial charge in [0.1, 0.15) is 0 Å². The van der Waals surface area contributed by atoms with Gasteiger partial charge in [0.25, 0.3) is 5.91 Å². The van der Waals surface area contributed by atoms with E-state index in [1.54, 1.807) is 29.6 Å². The molecule has 148 valence electrons. The van der Waals surface area contributed by atoms with Gasteiger partial charge in [-0.25, -0.2) is 0 Å². The Morgan fingerprint density at radius 3 is 2.43 bits per heavy atom. The van der Waals surface area contributed by atoms with Crippen molar-refractivity contribution in [2.45, 2.75) is 19.8 Å². The molecule has 0 bridgehead atoms. The summed E-state index contributed by atoms with van der Waals surface area (Å²) in [6.07, 6.45) is -0.0655. The zero-order valence-electron chi connectivity index (χ0n) is 15.8. The van der Waals surface area contributed by atoms with E-state index in [1.165, 1.54) is 23.3 Å². The fourth-order valence-electron chi connectivity index (χ4n) is 2.24. The van der Waals surface area contributed by atoms with Crippen molar-refractivity contribution >= 4 is 40.6 Å². The Balaban J connectivity index is 1.68. The molecule has 8 heteroatoms. The summed E-state index contributed by atoms with van der Waals surface area (Å²) in [4.78, 5) is 49.3. The molecule has 0 saturated carbocycles. The van der Waals surface area contributed by atoms with Crippen LogP contribution in [-0.2, 0) is 19.1 Å². The number of anilines is 1. The molecule has 28 heavy (non-hydrogen) atoms. The highest BCUT2D eigenvalue weighted by Crippen LogP contribution is 2.12. The number of thiophene rings is 1. The maximum Gasteiger partial charge on any atom is 0.306 e. The van der Waals surface area contributed by atoms with Gasteiger partial charge in [-0.2, -0.15) is 0 Å². The number of aryl methyl sites for hydroxylation is 1. The second-order valence-electron chi connectivity index (χ2n) is 6.23. The molecule has 1 heterocycles. The van der Waals surface area contributed by atoms with E-state index in [0.29, 0.717) is 10.6 Å². The van der Waals surface area contributed by atoms with Gasteiger partial charge in [0.2, 0.25) is 5.91 Å². The molecule has 0 aliphatic carbocycles. The van der Waals surface area contributed by atoms with Crippen LogP contribution in [0.2, 0.25) is 0 Å². The third-order valence-electron chi connectivity index (χ3n) is 3.85. The summed E-state index contributed by atoms with van der Waals surface area (Å²) in [6.45, 7) is 1.30. The first kappa shape index (κ1) is 21.3. The van der Waals surface area contributed by atoms with Gasteiger partial charge in [0, 0.05) is 19.2 Å². The number of carbonyl (C=O) groups excluding carboxylic acids is 4. The third kappa shape index (κ3) is 6.96. The van der Waals surface area contributed by atoms with E-state index in [0.717, 1.165) is 5.56 Å². The first-order chi connectivity index (χ1) is 13.3. The zero-order valence-corrected chi connectivity index (χ0v) is 16.6. The summed E-state index contributed by atoms with van der Waals surface area (Å²) in [5.41, 5.74) is 1.71. The van der Waals surface area contributed by atoms with Crippen LogP contribution in [-0.4, -0.2) is 48.7 Å². The van der Waals surface area contributed by atoms with Crippen molar-refractivity contribution in [2.24, 2.45) is 0 Å². The lowest BCUT2D eigenvalue weighted by Crippen LogP contribution is -2.37. The molecule has 1 aromatic carbocycles. The molecule has 2 rings (SSSR count). The molecule has 0 aliphatic heterocycles. The number of nitrogens with zero attached hydrogens (tertiary/aromatic N) is 1. The SMILES string of the molecule is Cc1ccc(NC(=O)CN(C)C(=O)COC(=O)CCC(=O)c2cccs2)cc1. The molecule has 0 radical (unpaired) electrons. The molecule has 2 amide bonds. The predicted molar refractivity (Wildman–Crippen MR) is 106 cm³/mol. The minimum absolute atomic E-state index is 0.0301. The van der Waals surface area contributed by atoms with Crippen LogP contribution < -0.4 is 5.32 Å². The number of rotatable bonds is 9. The lowest BCUT2D eigenvalue weighted by molar-refractivity contribution is -0.151. The highest BCUT2D eigenvalue weighted by atomic mass is 32.1. The molecule has 0 saturated heterocycles. The van der Waals surface area contributed by atoms with Crippen LogP contribution in [0.25, 0.3) is 0 Å². The average molecular weight is 402 g/mol. The normalized spacial score (nSPS) is 10.2. The molecule has 0 fully saturated rings. The van der Waals surface area contributed by atoms with Gasteiger partial charge in [-0.05, 0) is 30.5 Å². The van der Waals surface area contributed by atoms with Crippen LogP contribution in [0.3, 0.4) is 0 Å². The molecular formula is C20H22N2O5S. The van der Waals surface area contributed by atoms with Gasteiger partial charge < -0.3 is 15.0 Å². The summed E-state index contributed by atoms with van der Waals surface area (Å²) >= 11 is 1.31. The van der Waals surface area contributed by atoms with Gasteiger partial charge in [-0.3, -0.25) is 19.2 Å². The number of likely N-dealkylation sites (N-methyl/N-ethyl adjacent to an activating group) is 1. The second-order valence-corrected chi connectivity index (χ2v) is 7.17. The van der Waals surface area contributed by atoms with Crippen LogP contribution in [0.4, 0.5) is 5.69 Å². The van der Waals surface area contributed by atoms with Crippen LogP contribution >= 0.6 is 11.3 Å². The Kier molecular flexibility index (Phi) is 7.88. The van der Waals surface area contributed by atoms with E-state index in [2.05, 4.69) is 5.32 Å². The molecule has 0 unspecified atom stereocenters. The van der Waals surface area contributed by atoms with Gasteiger partial charge in [-0.15, -0.1) is 11.3 Å². The molecule has 0 aliphatic rings. The van der Waals surface area contributed by atoms with Crippen molar-refractivity contribution in [3.05, 3.63) is 52.2 Å². The molecule has 0 atom stereocenters. The minimum Gasteiger partial charge on any atom is -0.456 e. The van der Waals surface area contributed by atoms with Gasteiger partial charge in [0.05, 0.1) is 17.8 Å². The second kappa shape index (κ2) is 10.4. The van der Waals surface area contributed by atoms with Crippen LogP contribution in [0, 0.1) is 6.92 Å². The molecule has 1 N–H and O–H groups in total. The topological polar surface area (TPSA) is 92.8 Å².